The molecule has 0 bridgehead atoms. The van der Waals surface area contributed by atoms with Gasteiger partial charge in [-0.15, -0.1) is 0 Å². The van der Waals surface area contributed by atoms with Crippen molar-refractivity contribution in [2.45, 2.75) is 155 Å². The Hall–Kier alpha value is -2.35. The fraction of sp³-hybridized carbons (Fsp3) is 0.903. The molecule has 15 N–H and O–H groups in total. The predicted octanol–water partition coefficient (Wildman–Crippen LogP) is -9.23. The van der Waals surface area contributed by atoms with Gasteiger partial charge in [0.15, 0.2) is 18.9 Å². The van der Waals surface area contributed by atoms with E-state index >= 15 is 0 Å². The van der Waals surface area contributed by atoms with Crippen LogP contribution in [0.15, 0.2) is 0 Å². The van der Waals surface area contributed by atoms with E-state index in [9.17, 15) is 80.8 Å². The molecule has 4 aliphatic rings. The molecule has 7 unspecified atom stereocenters. The molecule has 56 heavy (non-hydrogen) atoms. The lowest BCUT2D eigenvalue weighted by Crippen LogP contribution is -2.71. The van der Waals surface area contributed by atoms with E-state index in [-0.39, 0.29) is 0 Å². The van der Waals surface area contributed by atoms with Crippen molar-refractivity contribution in [3.05, 3.63) is 0 Å². The second kappa shape index (κ2) is 19.1. The van der Waals surface area contributed by atoms with E-state index in [1.807, 2.05) is 0 Å². The zero-order chi connectivity index (χ0) is 42.0. The summed E-state index contributed by atoms with van der Waals surface area (Å²) >= 11 is 0. The minimum absolute atomic E-state index is 0.767. The Balaban J connectivity index is 1.71. The minimum atomic E-state index is -3.12. The van der Waals surface area contributed by atoms with Gasteiger partial charge >= 0.3 is 5.97 Å². The molecule has 0 spiro atoms. The maximum atomic E-state index is 12.9. The largest absolute Gasteiger partial charge is 0.477 e. The lowest BCUT2D eigenvalue weighted by molar-refractivity contribution is -0.390. The molecular weight excluding hydrogens is 768 g/mol. The second-order valence-corrected chi connectivity index (χ2v) is 14.0. The van der Waals surface area contributed by atoms with Crippen LogP contribution in [0.3, 0.4) is 0 Å². The normalized spacial score (nSPS) is 45.7. The fourth-order valence-corrected chi connectivity index (χ4v) is 6.99. The second-order valence-electron chi connectivity index (χ2n) is 14.0. The molecule has 4 saturated heterocycles. The van der Waals surface area contributed by atoms with Crippen LogP contribution in [0.4, 0.5) is 0 Å². The summed E-state index contributed by atoms with van der Waals surface area (Å²) in [6.07, 6.45) is -35.1. The van der Waals surface area contributed by atoms with Gasteiger partial charge in [0.2, 0.25) is 11.8 Å². The highest BCUT2D eigenvalue weighted by molar-refractivity contribution is 5.76. The number of carboxylic acid groups (broad SMARTS) is 1. The van der Waals surface area contributed by atoms with E-state index in [1.165, 1.54) is 6.92 Å². The van der Waals surface area contributed by atoms with Crippen LogP contribution in [-0.2, 0) is 47.5 Å². The van der Waals surface area contributed by atoms with Crippen LogP contribution in [0.25, 0.3) is 0 Å². The molecule has 4 rings (SSSR count). The first-order chi connectivity index (χ1) is 26.2. The van der Waals surface area contributed by atoms with Gasteiger partial charge < -0.3 is 110 Å². The molecule has 0 aromatic rings. The number of ether oxygens (including phenoxy) is 7. The van der Waals surface area contributed by atoms with Gasteiger partial charge in [-0.3, -0.25) is 9.59 Å². The highest BCUT2D eigenvalue weighted by Gasteiger charge is 2.60. The van der Waals surface area contributed by atoms with Gasteiger partial charge in [0.25, 0.3) is 5.79 Å². The van der Waals surface area contributed by atoms with E-state index in [4.69, 9.17) is 33.2 Å². The van der Waals surface area contributed by atoms with E-state index in [0.717, 1.165) is 13.8 Å². The Labute approximate surface area is 317 Å². The number of aliphatic carboxylic acids is 1. The highest BCUT2D eigenvalue weighted by atomic mass is 16.8. The average Bonchev–Trinajstić information content (AvgIpc) is 3.14. The van der Waals surface area contributed by atoms with Gasteiger partial charge in [-0.2, -0.15) is 0 Å². The van der Waals surface area contributed by atoms with Crippen molar-refractivity contribution in [3.63, 3.8) is 0 Å². The van der Waals surface area contributed by atoms with Crippen molar-refractivity contribution in [2.75, 3.05) is 19.8 Å². The quantitative estimate of drug-likeness (QED) is 0.0773. The summed E-state index contributed by atoms with van der Waals surface area (Å²) in [4.78, 5) is 37.0. The molecule has 4 heterocycles. The number of aliphatic hydroxyl groups excluding tert-OH is 12. The van der Waals surface area contributed by atoms with Crippen LogP contribution < -0.4 is 10.6 Å². The molecule has 0 saturated carbocycles. The molecule has 25 nitrogen and oxygen atoms in total. The maximum absolute atomic E-state index is 12.9. The number of rotatable bonds is 14. The van der Waals surface area contributed by atoms with Gasteiger partial charge in [0, 0.05) is 20.3 Å². The van der Waals surface area contributed by atoms with Crippen LogP contribution in [-0.4, -0.2) is 232 Å². The number of nitrogens with one attached hydrogen (secondary N) is 2. The van der Waals surface area contributed by atoms with Crippen molar-refractivity contribution in [3.8, 4) is 0 Å². The Kier molecular flexibility index (Phi) is 15.8. The summed E-state index contributed by atoms with van der Waals surface area (Å²) in [6, 6.07) is -3.22. The summed E-state index contributed by atoms with van der Waals surface area (Å²) in [5, 5.41) is 142. The Morgan fingerprint density at radius 2 is 1.30 bits per heavy atom. The highest BCUT2D eigenvalue weighted by Crippen LogP contribution is 2.39. The smallest absolute Gasteiger partial charge is 0.364 e. The van der Waals surface area contributed by atoms with Gasteiger partial charge in [0.1, 0.15) is 85.4 Å². The van der Waals surface area contributed by atoms with Crippen LogP contribution in [0, 0.1) is 0 Å². The van der Waals surface area contributed by atoms with E-state index in [0.29, 0.717) is 0 Å². The molecule has 0 aliphatic carbocycles. The van der Waals surface area contributed by atoms with Crippen molar-refractivity contribution < 1.29 is 114 Å². The third kappa shape index (κ3) is 9.74. The topological polar surface area (TPSA) is 403 Å². The number of carbonyl (C=O) groups excluding carboxylic acids is 2. The molecule has 25 heteroatoms. The van der Waals surface area contributed by atoms with E-state index in [1.54, 1.807) is 0 Å². The molecule has 324 valence electrons. The average molecular weight is 821 g/mol. The third-order valence-corrected chi connectivity index (χ3v) is 9.94. The molecule has 0 aromatic heterocycles. The van der Waals surface area contributed by atoms with Gasteiger partial charge in [-0.1, -0.05) is 0 Å². The van der Waals surface area contributed by atoms with Crippen LogP contribution in [0.1, 0.15) is 27.2 Å². The first-order valence-electron chi connectivity index (χ1n) is 17.6. The molecular formula is C31H52N2O23. The van der Waals surface area contributed by atoms with Crippen molar-refractivity contribution in [1.82, 2.24) is 10.6 Å². The van der Waals surface area contributed by atoms with Crippen LogP contribution in [0.2, 0.25) is 0 Å². The lowest BCUT2D eigenvalue weighted by atomic mass is 9.88. The number of carbonyl (C=O) groups is 3. The van der Waals surface area contributed by atoms with Gasteiger partial charge in [0.05, 0.1) is 38.1 Å². The van der Waals surface area contributed by atoms with Gasteiger partial charge in [-0.05, 0) is 6.92 Å². The zero-order valence-corrected chi connectivity index (χ0v) is 30.3. The maximum Gasteiger partial charge on any atom is 0.364 e. The third-order valence-electron chi connectivity index (χ3n) is 9.94. The fourth-order valence-electron chi connectivity index (χ4n) is 6.99. The monoisotopic (exact) mass is 820 g/mol. The first-order valence-corrected chi connectivity index (χ1v) is 17.6. The van der Waals surface area contributed by atoms with Gasteiger partial charge in [-0.25, -0.2) is 4.79 Å². The summed E-state index contributed by atoms with van der Waals surface area (Å²) in [5.74, 6) is -6.69. The molecule has 4 aliphatic heterocycles. The standard InChI is InChI=1S/C31H52N2O23/c1-8-17(41)20(44)21(45)28(50-8)54-25-16(33-10(3)38)27(47)51-14(7-36)23(25)53-29-22(46)26(19(43)13(6-35)52-29)56-31(30(48)49)4-11(39)15(32-9(2)37)24(55-31)18(42)12(40)5-34/h8,11-29,34-36,39-47H,4-7H2,1-3H3,(H,32,37)(H,33,38)(H,48,49)/t8-,11-,12?,13+,14+,15+,16+,17+,18?,19-,20+,21-,22?,23+,24+,25?,26-,27?,28?,29?,31-/m0/s1. The number of hydrogen-bond donors (Lipinski definition) is 15. The summed E-state index contributed by atoms with van der Waals surface area (Å²) in [7, 11) is 0. The lowest BCUT2D eigenvalue weighted by Gasteiger charge is -2.51. The molecule has 4 fully saturated rings. The number of hydrogen-bond acceptors (Lipinski definition) is 22. The predicted molar refractivity (Wildman–Crippen MR) is 173 cm³/mol. The zero-order valence-electron chi connectivity index (χ0n) is 30.3. The minimum Gasteiger partial charge on any atom is -0.477 e. The number of amides is 2. The van der Waals surface area contributed by atoms with Crippen molar-refractivity contribution in [1.29, 1.82) is 0 Å². The summed E-state index contributed by atoms with van der Waals surface area (Å²) in [6.45, 7) is 0.283. The van der Waals surface area contributed by atoms with E-state index in [2.05, 4.69) is 10.6 Å². The van der Waals surface area contributed by atoms with Crippen molar-refractivity contribution >= 4 is 17.8 Å². The Morgan fingerprint density at radius 3 is 1.86 bits per heavy atom. The van der Waals surface area contributed by atoms with Crippen LogP contribution >= 0.6 is 0 Å². The number of carboxylic acids is 1. The SMILES string of the molecule is CC(=O)N[C@H]1C(O)O[C@H](CO)[C@@H](OC2O[C@H](CO)[C@H](O)[C@H](O[C@]3(C(=O)O)C[C@H](O)[C@@H](NC(C)=O)[C@H](C(O)C(O)CO)O3)C2O)C1OC1O[C@@H](C)[C@@H](O)[C@@H](O)[C@@H]1O. The molecule has 21 atom stereocenters. The Morgan fingerprint density at radius 1 is 0.732 bits per heavy atom. The molecule has 2 amide bonds. The first kappa shape index (κ1) is 46.3. The number of aliphatic hydroxyl groups is 12. The summed E-state index contributed by atoms with van der Waals surface area (Å²) in [5.41, 5.74) is 0. The van der Waals surface area contributed by atoms with E-state index < -0.39 is 172 Å². The molecule has 0 aromatic carbocycles. The molecule has 0 radical (unpaired) electrons. The van der Waals surface area contributed by atoms with Crippen molar-refractivity contribution in [2.24, 2.45) is 0 Å². The van der Waals surface area contributed by atoms with Crippen LogP contribution in [0.5, 0.6) is 0 Å². The Bertz CT molecular complexity index is 1330. The summed E-state index contributed by atoms with van der Waals surface area (Å²) < 4.78 is 39.7.